The second-order valence-electron chi connectivity index (χ2n) is 2.00. The monoisotopic (exact) mass is 161 g/mol. The minimum atomic E-state index is 0.606. The van der Waals surface area contributed by atoms with Crippen molar-refractivity contribution in [2.24, 2.45) is 10.7 Å². The number of nitrogens with two attached hydrogens (primary N) is 1. The molecule has 0 heterocycles. The lowest BCUT2D eigenvalue weighted by Gasteiger charge is -2.16. The van der Waals surface area contributed by atoms with Gasteiger partial charge in [-0.25, -0.2) is 0 Å². The zero-order valence-electron chi connectivity index (χ0n) is 6.79. The first-order valence-electron chi connectivity index (χ1n) is 3.14. The van der Waals surface area contributed by atoms with Crippen LogP contribution >= 0.6 is 11.8 Å². The third-order valence-electron chi connectivity index (χ3n) is 1.25. The molecule has 0 aliphatic heterocycles. The van der Waals surface area contributed by atoms with Crippen molar-refractivity contribution in [3.05, 3.63) is 0 Å². The standard InChI is InChI=1S/C6H15N3S/c1-8-6(7)9(2)4-5-10-3/h4-5H2,1-3H3,(H2,7,8). The molecular weight excluding hydrogens is 146 g/mol. The van der Waals surface area contributed by atoms with Gasteiger partial charge in [0.1, 0.15) is 0 Å². The van der Waals surface area contributed by atoms with Crippen LogP contribution in [-0.4, -0.2) is 43.5 Å². The predicted molar refractivity (Wildman–Crippen MR) is 48.6 cm³/mol. The summed E-state index contributed by atoms with van der Waals surface area (Å²) in [6.45, 7) is 0.963. The van der Waals surface area contributed by atoms with Crippen molar-refractivity contribution in [2.75, 3.05) is 32.6 Å². The second kappa shape index (κ2) is 5.41. The summed E-state index contributed by atoms with van der Waals surface area (Å²) in [6.07, 6.45) is 2.08. The highest BCUT2D eigenvalue weighted by Gasteiger charge is 1.97. The Balaban J connectivity index is 3.51. The maximum Gasteiger partial charge on any atom is 0.190 e. The van der Waals surface area contributed by atoms with E-state index in [1.807, 2.05) is 11.9 Å². The minimum absolute atomic E-state index is 0.606. The van der Waals surface area contributed by atoms with Gasteiger partial charge in [-0.1, -0.05) is 0 Å². The van der Waals surface area contributed by atoms with E-state index in [4.69, 9.17) is 5.73 Å². The first-order chi connectivity index (χ1) is 4.72. The zero-order chi connectivity index (χ0) is 7.98. The topological polar surface area (TPSA) is 41.6 Å². The third-order valence-corrected chi connectivity index (χ3v) is 1.84. The molecule has 10 heavy (non-hydrogen) atoms. The highest BCUT2D eigenvalue weighted by molar-refractivity contribution is 7.98. The molecule has 0 saturated heterocycles. The smallest absolute Gasteiger partial charge is 0.190 e. The number of rotatable bonds is 3. The second-order valence-corrected chi connectivity index (χ2v) is 2.98. The number of hydrogen-bond acceptors (Lipinski definition) is 2. The summed E-state index contributed by atoms with van der Waals surface area (Å²) in [5, 5.41) is 0. The van der Waals surface area contributed by atoms with E-state index in [0.29, 0.717) is 5.96 Å². The molecule has 0 unspecified atom stereocenters. The van der Waals surface area contributed by atoms with Crippen molar-refractivity contribution in [3.8, 4) is 0 Å². The van der Waals surface area contributed by atoms with Crippen molar-refractivity contribution in [3.63, 3.8) is 0 Å². The SMILES string of the molecule is CN=C(N)N(C)CCSC. The maximum atomic E-state index is 5.52. The fourth-order valence-corrected chi connectivity index (χ4v) is 0.970. The Morgan fingerprint density at radius 3 is 2.70 bits per heavy atom. The fourth-order valence-electron chi connectivity index (χ4n) is 0.513. The highest BCUT2D eigenvalue weighted by atomic mass is 32.2. The fraction of sp³-hybridized carbons (Fsp3) is 0.833. The van der Waals surface area contributed by atoms with Gasteiger partial charge < -0.3 is 10.6 Å². The predicted octanol–water partition coefficient (Wildman–Crippen LogP) is 0.226. The van der Waals surface area contributed by atoms with E-state index in [-0.39, 0.29) is 0 Å². The van der Waals surface area contributed by atoms with Crippen LogP contribution < -0.4 is 5.73 Å². The molecule has 0 rings (SSSR count). The lowest BCUT2D eigenvalue weighted by Crippen LogP contribution is -2.35. The van der Waals surface area contributed by atoms with E-state index >= 15 is 0 Å². The molecule has 4 heteroatoms. The van der Waals surface area contributed by atoms with Crippen molar-refractivity contribution in [1.82, 2.24) is 4.90 Å². The molecule has 0 saturated carbocycles. The van der Waals surface area contributed by atoms with E-state index in [9.17, 15) is 0 Å². The molecule has 0 aliphatic carbocycles. The Morgan fingerprint density at radius 1 is 1.70 bits per heavy atom. The molecule has 0 aromatic heterocycles. The van der Waals surface area contributed by atoms with Crippen molar-refractivity contribution in [2.45, 2.75) is 0 Å². The summed E-state index contributed by atoms with van der Waals surface area (Å²) < 4.78 is 0. The molecule has 0 aromatic rings. The molecule has 0 radical (unpaired) electrons. The Labute approximate surface area is 66.7 Å². The largest absolute Gasteiger partial charge is 0.370 e. The van der Waals surface area contributed by atoms with Gasteiger partial charge in [-0.2, -0.15) is 11.8 Å². The summed E-state index contributed by atoms with van der Waals surface area (Å²) >= 11 is 1.81. The Kier molecular flexibility index (Phi) is 5.20. The van der Waals surface area contributed by atoms with Gasteiger partial charge in [0, 0.05) is 26.4 Å². The average molecular weight is 161 g/mol. The molecule has 0 fully saturated rings. The number of nitrogens with zero attached hydrogens (tertiary/aromatic N) is 2. The molecule has 0 bridgehead atoms. The maximum absolute atomic E-state index is 5.52. The third kappa shape index (κ3) is 3.61. The van der Waals surface area contributed by atoms with E-state index < -0.39 is 0 Å². The van der Waals surface area contributed by atoms with Gasteiger partial charge in [0.05, 0.1) is 0 Å². The molecule has 0 atom stereocenters. The summed E-state index contributed by atoms with van der Waals surface area (Å²) in [7, 11) is 3.64. The van der Waals surface area contributed by atoms with Gasteiger partial charge >= 0.3 is 0 Å². The highest BCUT2D eigenvalue weighted by Crippen LogP contribution is 1.92. The van der Waals surface area contributed by atoms with Crippen molar-refractivity contribution < 1.29 is 0 Å². The van der Waals surface area contributed by atoms with Gasteiger partial charge in [-0.05, 0) is 6.26 Å². The van der Waals surface area contributed by atoms with E-state index in [1.165, 1.54) is 0 Å². The molecule has 3 nitrogen and oxygen atoms in total. The molecular formula is C6H15N3S. The molecule has 60 valence electrons. The van der Waals surface area contributed by atoms with Crippen LogP contribution in [-0.2, 0) is 0 Å². The van der Waals surface area contributed by atoms with Gasteiger partial charge in [-0.15, -0.1) is 0 Å². The van der Waals surface area contributed by atoms with Gasteiger partial charge in [0.25, 0.3) is 0 Å². The summed E-state index contributed by atoms with van der Waals surface area (Å²) in [5.74, 6) is 1.70. The lowest BCUT2D eigenvalue weighted by atomic mass is 10.6. The number of thioether (sulfide) groups is 1. The van der Waals surface area contributed by atoms with Crippen LogP contribution in [0.1, 0.15) is 0 Å². The van der Waals surface area contributed by atoms with Crippen LogP contribution in [0.25, 0.3) is 0 Å². The number of aliphatic imine (C=N–C) groups is 1. The Hall–Kier alpha value is -0.380. The Morgan fingerprint density at radius 2 is 2.30 bits per heavy atom. The van der Waals surface area contributed by atoms with Gasteiger partial charge in [0.2, 0.25) is 0 Å². The van der Waals surface area contributed by atoms with Crippen LogP contribution in [0.15, 0.2) is 4.99 Å². The Bertz CT molecular complexity index is 114. The number of hydrogen-bond donors (Lipinski definition) is 1. The van der Waals surface area contributed by atoms with Crippen molar-refractivity contribution in [1.29, 1.82) is 0 Å². The molecule has 0 aromatic carbocycles. The summed E-state index contributed by atoms with van der Waals surface area (Å²) in [6, 6.07) is 0. The van der Waals surface area contributed by atoms with Crippen LogP contribution in [0.3, 0.4) is 0 Å². The first kappa shape index (κ1) is 9.62. The van der Waals surface area contributed by atoms with Crippen LogP contribution in [0.5, 0.6) is 0 Å². The minimum Gasteiger partial charge on any atom is -0.370 e. The molecule has 0 aliphatic rings. The van der Waals surface area contributed by atoms with E-state index in [2.05, 4.69) is 11.2 Å². The quantitative estimate of drug-likeness (QED) is 0.476. The van der Waals surface area contributed by atoms with E-state index in [1.54, 1.807) is 18.8 Å². The lowest BCUT2D eigenvalue weighted by molar-refractivity contribution is 0.533. The van der Waals surface area contributed by atoms with Crippen LogP contribution in [0.4, 0.5) is 0 Å². The first-order valence-corrected chi connectivity index (χ1v) is 4.54. The van der Waals surface area contributed by atoms with E-state index in [0.717, 1.165) is 12.3 Å². The summed E-state index contributed by atoms with van der Waals surface area (Å²) in [4.78, 5) is 5.79. The van der Waals surface area contributed by atoms with Crippen LogP contribution in [0.2, 0.25) is 0 Å². The number of guanidine groups is 1. The molecule has 0 spiro atoms. The molecule has 0 amide bonds. The average Bonchev–Trinajstić information content (AvgIpc) is 1.98. The van der Waals surface area contributed by atoms with Gasteiger partial charge in [-0.3, -0.25) is 4.99 Å². The summed E-state index contributed by atoms with van der Waals surface area (Å²) in [5.41, 5.74) is 5.52. The van der Waals surface area contributed by atoms with Gasteiger partial charge in [0.15, 0.2) is 5.96 Å². The molecule has 2 N–H and O–H groups in total. The normalized spacial score (nSPS) is 11.7. The zero-order valence-corrected chi connectivity index (χ0v) is 7.61. The van der Waals surface area contributed by atoms with Crippen LogP contribution in [0, 0.1) is 0 Å². The van der Waals surface area contributed by atoms with Crippen molar-refractivity contribution >= 4 is 17.7 Å².